The van der Waals surface area contributed by atoms with Gasteiger partial charge in [0, 0.05) is 0 Å². The van der Waals surface area contributed by atoms with Crippen LogP contribution in [-0.2, 0) is 0 Å². The molecule has 0 saturated carbocycles. The molecule has 0 radical (unpaired) electrons. The molecule has 0 aliphatic heterocycles. The fourth-order valence-electron chi connectivity index (χ4n) is 0.182. The normalized spacial score (nSPS) is 21.1. The zero-order chi connectivity index (χ0) is 9.07. The van der Waals surface area contributed by atoms with E-state index in [1.807, 2.05) is 0 Å². The molecule has 1 nitrogen and oxygen atoms in total. The second-order valence-electron chi connectivity index (χ2n) is 1.76. The quantitative estimate of drug-likeness (QED) is 0.382. The fourth-order valence-corrected chi connectivity index (χ4v) is 0.546. The van der Waals surface area contributed by atoms with Crippen molar-refractivity contribution in [2.45, 2.75) is 0 Å². The smallest absolute Gasteiger partial charge is 0.0918 e. The highest BCUT2D eigenvalue weighted by atomic mass is 35.5. The molecule has 2 heteroatoms. The van der Waals surface area contributed by atoms with E-state index in [9.17, 15) is 0 Å². The molecule has 7 heavy (non-hydrogen) atoms. The number of nitrogens with zero attached hydrogens (tertiary/aromatic N) is 1. The lowest BCUT2D eigenvalue weighted by Crippen LogP contribution is -2.35. The monoisotopic (exact) mass is 126 g/mol. The van der Waals surface area contributed by atoms with Crippen LogP contribution in [0.3, 0.4) is 0 Å². The van der Waals surface area contributed by atoms with Gasteiger partial charge in [-0.2, -0.15) is 0 Å². The molecule has 0 fully saturated rings. The number of quaternary nitrogens is 1. The Hall–Kier alpha value is 0.250. The Morgan fingerprint density at radius 3 is 2.43 bits per heavy atom. The van der Waals surface area contributed by atoms with Crippen LogP contribution < -0.4 is 0 Å². The van der Waals surface area contributed by atoms with Gasteiger partial charge in [0.25, 0.3) is 0 Å². The lowest BCUT2D eigenvalue weighted by atomic mass is 10.6. The zero-order valence-electron chi connectivity index (χ0n) is 8.39. The van der Waals surface area contributed by atoms with Crippen molar-refractivity contribution in [3.63, 3.8) is 0 Å². The summed E-state index contributed by atoms with van der Waals surface area (Å²) in [6.45, 7) is -2.11. The zero-order valence-corrected chi connectivity index (χ0v) is 5.15. The van der Waals surface area contributed by atoms with E-state index in [1.54, 1.807) is 0 Å². The number of rotatable bonds is 2. The molecule has 0 aliphatic carbocycles. The summed E-state index contributed by atoms with van der Waals surface area (Å²) in [6.07, 6.45) is 0. The standard InChI is InChI=1S/C5H13ClN/c1-7(2,3)5-4-6/h4-5H2,1-3H3/q+1/i1D2,2D2. The molecule has 0 unspecified atom stereocenters. The summed E-state index contributed by atoms with van der Waals surface area (Å²) in [4.78, 5) is 0. The van der Waals surface area contributed by atoms with Crippen molar-refractivity contribution in [3.8, 4) is 0 Å². The highest BCUT2D eigenvalue weighted by molar-refractivity contribution is 6.17. The summed E-state index contributed by atoms with van der Waals surface area (Å²) in [7, 11) is 1.53. The van der Waals surface area contributed by atoms with E-state index < -0.39 is 14.0 Å². The Bertz CT molecular complexity index is 111. The van der Waals surface area contributed by atoms with Crippen LogP contribution in [-0.4, -0.2) is 38.0 Å². The SMILES string of the molecule is [2H]C([2H])[N+](C)(CCCl)C([2H])[2H]. The summed E-state index contributed by atoms with van der Waals surface area (Å²) in [5.74, 6) is 0.277. The molecule has 0 amide bonds. The molecule has 0 spiro atoms. The van der Waals surface area contributed by atoms with Gasteiger partial charge in [0.2, 0.25) is 0 Å². The Morgan fingerprint density at radius 2 is 2.29 bits per heavy atom. The summed E-state index contributed by atoms with van der Waals surface area (Å²) in [6, 6.07) is 0. The van der Waals surface area contributed by atoms with E-state index in [4.69, 9.17) is 17.1 Å². The number of halogens is 1. The van der Waals surface area contributed by atoms with E-state index in [1.165, 1.54) is 7.05 Å². The highest BCUT2D eigenvalue weighted by Gasteiger charge is 2.02. The van der Waals surface area contributed by atoms with Crippen LogP contribution in [0, 0.1) is 0 Å². The summed E-state index contributed by atoms with van der Waals surface area (Å²) >= 11 is 5.43. The molecular formula is C5H13ClN+. The van der Waals surface area contributed by atoms with Crippen molar-refractivity contribution in [2.24, 2.45) is 0 Å². The number of alkyl halides is 1. The minimum Gasteiger partial charge on any atom is -0.330 e. The maximum Gasteiger partial charge on any atom is 0.0918 e. The average molecular weight is 127 g/mol. The van der Waals surface area contributed by atoms with E-state index >= 15 is 0 Å². The molecular weight excluding hydrogens is 110 g/mol. The maximum atomic E-state index is 7.11. The van der Waals surface area contributed by atoms with Crippen molar-refractivity contribution in [1.82, 2.24) is 0 Å². The van der Waals surface area contributed by atoms with Crippen molar-refractivity contribution in [1.29, 1.82) is 0 Å². The Labute approximate surface area is 56.1 Å². The van der Waals surface area contributed by atoms with Crippen LogP contribution in [0.2, 0.25) is 0 Å². The van der Waals surface area contributed by atoms with Gasteiger partial charge in [0.05, 0.1) is 39.0 Å². The molecule has 0 aliphatic rings. The van der Waals surface area contributed by atoms with Crippen LogP contribution in [0.4, 0.5) is 0 Å². The van der Waals surface area contributed by atoms with Gasteiger partial charge in [-0.25, -0.2) is 0 Å². The lowest BCUT2D eigenvalue weighted by Gasteiger charge is -2.21. The number of hydrogen-bond acceptors (Lipinski definition) is 0. The third-order valence-corrected chi connectivity index (χ3v) is 0.735. The van der Waals surface area contributed by atoms with Crippen LogP contribution in [0.5, 0.6) is 0 Å². The van der Waals surface area contributed by atoms with Gasteiger partial charge in [-0.3, -0.25) is 0 Å². The Kier molecular flexibility index (Phi) is 0.975. The third-order valence-electron chi connectivity index (χ3n) is 0.566. The predicted octanol–water partition coefficient (Wildman–Crippen LogP) is 0.931. The lowest BCUT2D eigenvalue weighted by molar-refractivity contribution is -0.867. The van der Waals surface area contributed by atoms with Gasteiger partial charge in [-0.15, -0.1) is 11.6 Å². The van der Waals surface area contributed by atoms with Crippen molar-refractivity contribution in [3.05, 3.63) is 0 Å². The highest BCUT2D eigenvalue weighted by Crippen LogP contribution is 1.88. The summed E-state index contributed by atoms with van der Waals surface area (Å²) < 4.78 is 28.2. The largest absolute Gasteiger partial charge is 0.330 e. The van der Waals surface area contributed by atoms with Gasteiger partial charge in [0.1, 0.15) is 0 Å². The molecule has 44 valence electrons. The van der Waals surface area contributed by atoms with E-state index in [0.717, 1.165) is 0 Å². The maximum absolute atomic E-state index is 7.11. The number of hydrogen-bond donors (Lipinski definition) is 0. The van der Waals surface area contributed by atoms with Gasteiger partial charge >= 0.3 is 0 Å². The van der Waals surface area contributed by atoms with Crippen LogP contribution in [0.1, 0.15) is 5.48 Å². The first-order valence-electron chi connectivity index (χ1n) is 4.36. The second-order valence-corrected chi connectivity index (χ2v) is 2.14. The Balaban J connectivity index is 4.26. The van der Waals surface area contributed by atoms with Crippen molar-refractivity contribution >= 4 is 11.6 Å². The molecule has 0 rings (SSSR count). The molecule has 0 aromatic rings. The Morgan fingerprint density at radius 1 is 1.71 bits per heavy atom. The summed E-state index contributed by atoms with van der Waals surface area (Å²) in [5, 5.41) is 0. The first kappa shape index (κ1) is 2.70. The minimum atomic E-state index is -1.21. The molecule has 0 bridgehead atoms. The van der Waals surface area contributed by atoms with Crippen LogP contribution in [0.25, 0.3) is 0 Å². The van der Waals surface area contributed by atoms with Gasteiger partial charge in [-0.1, -0.05) is 0 Å². The molecule has 0 N–H and O–H groups in total. The van der Waals surface area contributed by atoms with Crippen molar-refractivity contribution < 1.29 is 9.97 Å². The third kappa shape index (κ3) is 6.25. The first-order chi connectivity index (χ1) is 4.95. The molecule has 0 atom stereocenters. The molecule has 0 aromatic heterocycles. The van der Waals surface area contributed by atoms with Gasteiger partial charge in [-0.05, 0) is 0 Å². The first-order valence-corrected chi connectivity index (χ1v) is 2.58. The van der Waals surface area contributed by atoms with Crippen LogP contribution in [0.15, 0.2) is 0 Å². The average Bonchev–Trinajstić information content (AvgIpc) is 1.87. The van der Waals surface area contributed by atoms with E-state index in [-0.39, 0.29) is 10.4 Å². The van der Waals surface area contributed by atoms with Crippen LogP contribution >= 0.6 is 11.6 Å². The summed E-state index contributed by atoms with van der Waals surface area (Å²) in [5.41, 5.74) is 0. The molecule has 0 saturated heterocycles. The van der Waals surface area contributed by atoms with E-state index in [0.29, 0.717) is 6.54 Å². The van der Waals surface area contributed by atoms with Crippen molar-refractivity contribution in [2.75, 3.05) is 33.5 Å². The fraction of sp³-hybridized carbons (Fsp3) is 1.00. The molecule has 0 aromatic carbocycles. The molecule has 0 heterocycles. The van der Waals surface area contributed by atoms with Gasteiger partial charge in [0.15, 0.2) is 0 Å². The van der Waals surface area contributed by atoms with E-state index in [2.05, 4.69) is 0 Å². The minimum absolute atomic E-state index is 0.260. The second kappa shape index (κ2) is 2.53. The predicted molar refractivity (Wildman–Crippen MR) is 33.6 cm³/mol. The van der Waals surface area contributed by atoms with Gasteiger partial charge < -0.3 is 4.48 Å². The topological polar surface area (TPSA) is 0 Å².